The Bertz CT molecular complexity index is 790. The van der Waals surface area contributed by atoms with Crippen molar-refractivity contribution < 1.29 is 9.59 Å². The number of amides is 2. The predicted octanol–water partition coefficient (Wildman–Crippen LogP) is 2.12. The molecule has 1 atom stereocenters. The third kappa shape index (κ3) is 3.39. The number of fused-ring (bicyclic) bond motifs is 1. The Balaban J connectivity index is 1.70. The zero-order chi connectivity index (χ0) is 17.3. The number of carbonyl (C=O) groups is 2. The van der Waals surface area contributed by atoms with E-state index in [0.717, 1.165) is 28.1 Å². The molecule has 2 aromatic rings. The quantitative estimate of drug-likeness (QED) is 0.663. The molecule has 3 rings (SSSR count). The van der Waals surface area contributed by atoms with E-state index in [1.807, 2.05) is 0 Å². The first-order valence-corrected chi connectivity index (χ1v) is 9.68. The van der Waals surface area contributed by atoms with Crippen LogP contribution in [0.4, 0.5) is 0 Å². The summed E-state index contributed by atoms with van der Waals surface area (Å²) in [7, 11) is 0. The molecule has 6 nitrogen and oxygen atoms in total. The topological polar surface area (TPSA) is 89.2 Å². The van der Waals surface area contributed by atoms with Gasteiger partial charge in [-0.15, -0.1) is 11.3 Å². The minimum atomic E-state index is -0.318. The van der Waals surface area contributed by atoms with Crippen LogP contribution < -0.4 is 5.73 Å². The fraction of sp³-hybridized carbons (Fsp3) is 0.500. The van der Waals surface area contributed by atoms with Crippen molar-refractivity contribution in [2.75, 3.05) is 18.8 Å². The van der Waals surface area contributed by atoms with Crippen molar-refractivity contribution >= 4 is 45.1 Å². The zero-order valence-corrected chi connectivity index (χ0v) is 15.4. The predicted molar refractivity (Wildman–Crippen MR) is 96.1 cm³/mol. The Morgan fingerprint density at radius 1 is 1.42 bits per heavy atom. The molecule has 1 aliphatic heterocycles. The van der Waals surface area contributed by atoms with E-state index >= 15 is 0 Å². The van der Waals surface area contributed by atoms with E-state index in [4.69, 9.17) is 5.73 Å². The van der Waals surface area contributed by atoms with Gasteiger partial charge in [-0.2, -0.15) is 0 Å². The summed E-state index contributed by atoms with van der Waals surface area (Å²) >= 11 is 3.08. The number of aromatic nitrogens is 2. The van der Waals surface area contributed by atoms with Crippen LogP contribution in [0.5, 0.6) is 0 Å². The summed E-state index contributed by atoms with van der Waals surface area (Å²) in [4.78, 5) is 36.4. The fourth-order valence-electron chi connectivity index (χ4n) is 2.92. The van der Waals surface area contributed by atoms with Crippen LogP contribution in [-0.4, -0.2) is 45.5 Å². The molecular formula is C16H20N4O2S2. The number of piperidine rings is 1. The van der Waals surface area contributed by atoms with Crippen molar-refractivity contribution in [3.63, 3.8) is 0 Å². The Hall–Kier alpha value is -1.67. The average molecular weight is 364 g/mol. The first-order chi connectivity index (χ1) is 11.5. The van der Waals surface area contributed by atoms with Crippen molar-refractivity contribution in [3.05, 3.63) is 16.8 Å². The fourth-order valence-corrected chi connectivity index (χ4v) is 4.94. The molecule has 24 heavy (non-hydrogen) atoms. The molecule has 3 heterocycles. The number of likely N-dealkylation sites (tertiary alicyclic amines) is 1. The number of aryl methyl sites for hydroxylation is 2. The number of primary amides is 1. The van der Waals surface area contributed by atoms with Gasteiger partial charge in [-0.05, 0) is 32.3 Å². The lowest BCUT2D eigenvalue weighted by Gasteiger charge is -2.31. The maximum atomic E-state index is 12.5. The molecule has 1 aliphatic rings. The van der Waals surface area contributed by atoms with Crippen LogP contribution in [0.25, 0.3) is 10.2 Å². The summed E-state index contributed by atoms with van der Waals surface area (Å²) in [5, 5.41) is 1.89. The first kappa shape index (κ1) is 17.2. The van der Waals surface area contributed by atoms with Crippen molar-refractivity contribution in [2.45, 2.75) is 31.7 Å². The number of carbonyl (C=O) groups excluding carboxylic acids is 2. The van der Waals surface area contributed by atoms with E-state index in [2.05, 4.69) is 23.8 Å². The summed E-state index contributed by atoms with van der Waals surface area (Å²) in [5.74, 6) is -0.198. The summed E-state index contributed by atoms with van der Waals surface area (Å²) in [6.45, 7) is 5.26. The highest BCUT2D eigenvalue weighted by Crippen LogP contribution is 2.34. The SMILES string of the molecule is Cc1sc2ncnc(SCC(=O)N3CCC[C@H](C(N)=O)C3)c2c1C. The minimum Gasteiger partial charge on any atom is -0.369 e. The van der Waals surface area contributed by atoms with Crippen LogP contribution in [0.3, 0.4) is 0 Å². The lowest BCUT2D eigenvalue weighted by molar-refractivity contribution is -0.132. The molecule has 0 bridgehead atoms. The van der Waals surface area contributed by atoms with Gasteiger partial charge in [0.15, 0.2) is 0 Å². The molecule has 0 aliphatic carbocycles. The van der Waals surface area contributed by atoms with Gasteiger partial charge in [0.2, 0.25) is 11.8 Å². The second-order valence-electron chi connectivity index (χ2n) is 6.01. The molecule has 128 valence electrons. The van der Waals surface area contributed by atoms with Gasteiger partial charge in [0.1, 0.15) is 16.2 Å². The monoisotopic (exact) mass is 364 g/mol. The maximum absolute atomic E-state index is 12.5. The van der Waals surface area contributed by atoms with Crippen LogP contribution >= 0.6 is 23.1 Å². The van der Waals surface area contributed by atoms with Crippen LogP contribution in [-0.2, 0) is 9.59 Å². The molecule has 0 saturated carbocycles. The van der Waals surface area contributed by atoms with E-state index < -0.39 is 0 Å². The van der Waals surface area contributed by atoms with E-state index in [-0.39, 0.29) is 17.7 Å². The standard InChI is InChI=1S/C16H20N4O2S2/c1-9-10(2)24-16-13(9)15(18-8-19-16)23-7-12(21)20-5-3-4-11(6-20)14(17)22/h8,11H,3-7H2,1-2H3,(H2,17,22)/t11-/m0/s1. The van der Waals surface area contributed by atoms with Crippen LogP contribution in [0, 0.1) is 19.8 Å². The number of hydrogen-bond acceptors (Lipinski definition) is 6. The van der Waals surface area contributed by atoms with E-state index in [1.165, 1.54) is 22.2 Å². The van der Waals surface area contributed by atoms with Crippen molar-refractivity contribution in [2.24, 2.45) is 11.7 Å². The second-order valence-corrected chi connectivity index (χ2v) is 8.18. The number of thioether (sulfide) groups is 1. The van der Waals surface area contributed by atoms with Crippen molar-refractivity contribution in [1.82, 2.24) is 14.9 Å². The van der Waals surface area contributed by atoms with Gasteiger partial charge >= 0.3 is 0 Å². The molecule has 2 amide bonds. The van der Waals surface area contributed by atoms with E-state index in [0.29, 0.717) is 18.8 Å². The number of hydrogen-bond donors (Lipinski definition) is 1. The van der Waals surface area contributed by atoms with Gasteiger partial charge in [-0.3, -0.25) is 9.59 Å². The van der Waals surface area contributed by atoms with Crippen LogP contribution in [0.15, 0.2) is 11.4 Å². The molecule has 2 aromatic heterocycles. The summed E-state index contributed by atoms with van der Waals surface area (Å²) < 4.78 is 0. The van der Waals surface area contributed by atoms with Gasteiger partial charge in [0.25, 0.3) is 0 Å². The van der Waals surface area contributed by atoms with Gasteiger partial charge in [0.05, 0.1) is 11.7 Å². The highest BCUT2D eigenvalue weighted by atomic mass is 32.2. The largest absolute Gasteiger partial charge is 0.369 e. The van der Waals surface area contributed by atoms with Crippen molar-refractivity contribution in [1.29, 1.82) is 0 Å². The zero-order valence-electron chi connectivity index (χ0n) is 13.7. The summed E-state index contributed by atoms with van der Waals surface area (Å²) in [5.41, 5.74) is 6.56. The molecule has 8 heteroatoms. The molecule has 0 unspecified atom stereocenters. The Kier molecular flexibility index (Phi) is 5.05. The molecular weight excluding hydrogens is 344 g/mol. The molecule has 1 fully saturated rings. The Morgan fingerprint density at radius 2 is 2.21 bits per heavy atom. The van der Waals surface area contributed by atoms with E-state index in [9.17, 15) is 9.59 Å². The molecule has 2 N–H and O–H groups in total. The third-order valence-corrected chi connectivity index (χ3v) is 6.53. The van der Waals surface area contributed by atoms with Gasteiger partial charge < -0.3 is 10.6 Å². The number of rotatable bonds is 4. The van der Waals surface area contributed by atoms with Gasteiger partial charge in [-0.1, -0.05) is 11.8 Å². The molecule has 0 aromatic carbocycles. The van der Waals surface area contributed by atoms with Gasteiger partial charge in [0, 0.05) is 23.4 Å². The smallest absolute Gasteiger partial charge is 0.233 e. The normalized spacial score (nSPS) is 18.1. The van der Waals surface area contributed by atoms with Gasteiger partial charge in [-0.25, -0.2) is 9.97 Å². The molecule has 0 radical (unpaired) electrons. The number of nitrogens with zero attached hydrogens (tertiary/aromatic N) is 3. The Labute approximate surface area is 148 Å². The van der Waals surface area contributed by atoms with Crippen molar-refractivity contribution in [3.8, 4) is 0 Å². The number of nitrogens with two attached hydrogens (primary N) is 1. The summed E-state index contributed by atoms with van der Waals surface area (Å²) in [6, 6.07) is 0. The molecule has 1 saturated heterocycles. The van der Waals surface area contributed by atoms with Crippen LogP contribution in [0.1, 0.15) is 23.3 Å². The lowest BCUT2D eigenvalue weighted by Crippen LogP contribution is -2.44. The second kappa shape index (κ2) is 7.06. The number of thiophene rings is 1. The molecule has 0 spiro atoms. The first-order valence-electron chi connectivity index (χ1n) is 7.88. The lowest BCUT2D eigenvalue weighted by atomic mass is 9.97. The third-order valence-electron chi connectivity index (χ3n) is 4.44. The highest BCUT2D eigenvalue weighted by Gasteiger charge is 2.27. The Morgan fingerprint density at radius 3 is 2.96 bits per heavy atom. The minimum absolute atomic E-state index is 0.0299. The highest BCUT2D eigenvalue weighted by molar-refractivity contribution is 8.00. The summed E-state index contributed by atoms with van der Waals surface area (Å²) in [6.07, 6.45) is 3.14. The average Bonchev–Trinajstić information content (AvgIpc) is 2.87. The maximum Gasteiger partial charge on any atom is 0.233 e. The van der Waals surface area contributed by atoms with E-state index in [1.54, 1.807) is 22.6 Å². The van der Waals surface area contributed by atoms with Crippen LogP contribution in [0.2, 0.25) is 0 Å².